The highest BCUT2D eigenvalue weighted by atomic mass is 35.5. The van der Waals surface area contributed by atoms with Gasteiger partial charge in [0.05, 0.1) is 19.7 Å². The second kappa shape index (κ2) is 9.46. The third kappa shape index (κ3) is 3.95. The summed E-state index contributed by atoms with van der Waals surface area (Å²) >= 11 is 6.32. The van der Waals surface area contributed by atoms with Gasteiger partial charge in [0, 0.05) is 37.3 Å². The van der Waals surface area contributed by atoms with Gasteiger partial charge in [0.2, 0.25) is 5.95 Å². The number of rotatable bonds is 7. The molecule has 0 N–H and O–H groups in total. The van der Waals surface area contributed by atoms with E-state index in [9.17, 15) is 14.0 Å². The van der Waals surface area contributed by atoms with E-state index in [0.29, 0.717) is 12.6 Å². The van der Waals surface area contributed by atoms with Gasteiger partial charge >= 0.3 is 5.69 Å². The van der Waals surface area contributed by atoms with Gasteiger partial charge in [-0.05, 0) is 38.3 Å². The topological polar surface area (TPSA) is 74.3 Å². The van der Waals surface area contributed by atoms with Crippen molar-refractivity contribution in [3.05, 3.63) is 55.4 Å². The van der Waals surface area contributed by atoms with E-state index in [1.165, 1.54) is 15.2 Å². The first-order chi connectivity index (χ1) is 15.5. The molecule has 0 radical (unpaired) electrons. The number of nitrogens with zero attached hydrogens (tertiary/aromatic N) is 5. The van der Waals surface area contributed by atoms with Crippen LogP contribution < -0.4 is 16.1 Å². The summed E-state index contributed by atoms with van der Waals surface area (Å²) in [7, 11) is 1.55. The Morgan fingerprint density at radius 2 is 1.88 bits per heavy atom. The van der Waals surface area contributed by atoms with Crippen LogP contribution in [0, 0.1) is 5.82 Å². The van der Waals surface area contributed by atoms with Gasteiger partial charge < -0.3 is 9.64 Å². The zero-order valence-corrected chi connectivity index (χ0v) is 19.1. The fourth-order valence-corrected chi connectivity index (χ4v) is 4.49. The summed E-state index contributed by atoms with van der Waals surface area (Å²) in [6, 6.07) is 4.52. The zero-order valence-electron chi connectivity index (χ0n) is 18.3. The molecule has 1 saturated heterocycles. The maximum Gasteiger partial charge on any atom is 0.332 e. The number of imidazole rings is 1. The van der Waals surface area contributed by atoms with Crippen LogP contribution in [0.5, 0.6) is 0 Å². The largest absolute Gasteiger partial charge is 0.383 e. The first kappa shape index (κ1) is 22.5. The number of hydrogen-bond donors (Lipinski definition) is 0. The summed E-state index contributed by atoms with van der Waals surface area (Å²) in [5.41, 5.74) is -0.0359. The van der Waals surface area contributed by atoms with Crippen molar-refractivity contribution in [2.45, 2.75) is 45.8 Å². The highest BCUT2D eigenvalue weighted by molar-refractivity contribution is 6.31. The molecule has 0 aliphatic carbocycles. The Hall–Kier alpha value is -2.65. The lowest BCUT2D eigenvalue weighted by atomic mass is 10.1. The summed E-state index contributed by atoms with van der Waals surface area (Å²) in [6.07, 6.45) is 3.12. The number of hydrogen-bond acceptors (Lipinski definition) is 5. The molecular weight excluding hydrogens is 437 g/mol. The van der Waals surface area contributed by atoms with Crippen LogP contribution in [0.15, 0.2) is 27.8 Å². The molecule has 8 nitrogen and oxygen atoms in total. The van der Waals surface area contributed by atoms with E-state index in [4.69, 9.17) is 21.3 Å². The number of anilines is 1. The molecule has 0 amide bonds. The standard InChI is InChI=1S/C22H27ClFN5O3/c1-3-27-20(30)18-19(28(22(27)31)12-13-32-2)25-21(26-10-5-4-6-11-26)29(18)14-15-16(23)8-7-9-17(15)24/h7-9H,3-6,10-14H2,1-2H3. The van der Waals surface area contributed by atoms with Crippen LogP contribution in [0.3, 0.4) is 0 Å². The van der Waals surface area contributed by atoms with Gasteiger partial charge in [-0.15, -0.1) is 0 Å². The summed E-state index contributed by atoms with van der Waals surface area (Å²) < 4.78 is 24.2. The molecular formula is C22H27ClFN5O3. The maximum absolute atomic E-state index is 14.7. The van der Waals surface area contributed by atoms with Crippen LogP contribution in [0.25, 0.3) is 11.2 Å². The Kier molecular flexibility index (Phi) is 6.66. The van der Waals surface area contributed by atoms with Crippen molar-refractivity contribution in [3.8, 4) is 0 Å². The summed E-state index contributed by atoms with van der Waals surface area (Å²) in [4.78, 5) is 33.3. The molecule has 1 aliphatic rings. The molecule has 10 heteroatoms. The molecule has 32 heavy (non-hydrogen) atoms. The second-order valence-electron chi connectivity index (χ2n) is 7.89. The third-order valence-electron chi connectivity index (χ3n) is 5.95. The van der Waals surface area contributed by atoms with Crippen molar-refractivity contribution in [2.24, 2.45) is 0 Å². The van der Waals surface area contributed by atoms with Crippen LogP contribution >= 0.6 is 11.6 Å². The van der Waals surface area contributed by atoms with Crippen molar-refractivity contribution >= 4 is 28.7 Å². The van der Waals surface area contributed by atoms with E-state index in [1.54, 1.807) is 30.7 Å². The van der Waals surface area contributed by atoms with E-state index < -0.39 is 17.1 Å². The van der Waals surface area contributed by atoms with Crippen LogP contribution in [0.2, 0.25) is 5.02 Å². The van der Waals surface area contributed by atoms with Gasteiger partial charge in [-0.3, -0.25) is 18.5 Å². The molecule has 1 aliphatic heterocycles. The molecule has 3 heterocycles. The highest BCUT2D eigenvalue weighted by Crippen LogP contribution is 2.27. The zero-order chi connectivity index (χ0) is 22.8. The Morgan fingerprint density at radius 1 is 1.12 bits per heavy atom. The summed E-state index contributed by atoms with van der Waals surface area (Å²) in [5.74, 6) is 0.100. The highest BCUT2D eigenvalue weighted by Gasteiger charge is 2.26. The van der Waals surface area contributed by atoms with Crippen molar-refractivity contribution in [2.75, 3.05) is 31.7 Å². The number of halogens is 2. The normalized spacial score (nSPS) is 14.4. The first-order valence-corrected chi connectivity index (χ1v) is 11.3. The molecule has 2 aromatic heterocycles. The fourth-order valence-electron chi connectivity index (χ4n) is 4.27. The number of aromatic nitrogens is 4. The molecule has 0 saturated carbocycles. The van der Waals surface area contributed by atoms with Gasteiger partial charge in [-0.25, -0.2) is 9.18 Å². The van der Waals surface area contributed by atoms with Crippen molar-refractivity contribution in [3.63, 3.8) is 0 Å². The van der Waals surface area contributed by atoms with E-state index in [-0.39, 0.29) is 41.4 Å². The molecule has 172 valence electrons. The number of fused-ring (bicyclic) bond motifs is 1. The number of ether oxygens (including phenoxy) is 1. The molecule has 3 aromatic rings. The van der Waals surface area contributed by atoms with E-state index in [1.807, 2.05) is 0 Å². The van der Waals surface area contributed by atoms with Gasteiger partial charge in [-0.1, -0.05) is 17.7 Å². The molecule has 4 rings (SSSR count). The lowest BCUT2D eigenvalue weighted by Gasteiger charge is -2.28. The van der Waals surface area contributed by atoms with E-state index in [2.05, 4.69) is 4.90 Å². The Labute approximate surface area is 189 Å². The van der Waals surface area contributed by atoms with Crippen LogP contribution in [-0.2, 0) is 24.4 Å². The van der Waals surface area contributed by atoms with Crippen LogP contribution in [-0.4, -0.2) is 45.5 Å². The molecule has 1 fully saturated rings. The molecule has 0 spiro atoms. The monoisotopic (exact) mass is 463 g/mol. The van der Waals surface area contributed by atoms with Gasteiger partial charge in [0.25, 0.3) is 5.56 Å². The van der Waals surface area contributed by atoms with E-state index >= 15 is 0 Å². The Morgan fingerprint density at radius 3 is 2.53 bits per heavy atom. The molecule has 0 bridgehead atoms. The smallest absolute Gasteiger partial charge is 0.332 e. The van der Waals surface area contributed by atoms with Gasteiger partial charge in [-0.2, -0.15) is 4.98 Å². The quantitative estimate of drug-likeness (QED) is 0.538. The predicted molar refractivity (Wildman–Crippen MR) is 122 cm³/mol. The lowest BCUT2D eigenvalue weighted by Crippen LogP contribution is -2.40. The number of benzene rings is 1. The summed E-state index contributed by atoms with van der Waals surface area (Å²) in [6.45, 7) is 4.10. The average Bonchev–Trinajstić information content (AvgIpc) is 3.16. The summed E-state index contributed by atoms with van der Waals surface area (Å²) in [5, 5.41) is 0.278. The Bertz CT molecular complexity index is 1220. The fraction of sp³-hybridized carbons (Fsp3) is 0.500. The minimum atomic E-state index is -0.451. The first-order valence-electron chi connectivity index (χ1n) is 10.9. The Balaban J connectivity index is 2.02. The van der Waals surface area contributed by atoms with Crippen molar-refractivity contribution < 1.29 is 9.13 Å². The van der Waals surface area contributed by atoms with Crippen molar-refractivity contribution in [1.29, 1.82) is 0 Å². The SMILES string of the molecule is CCn1c(=O)c2c(nc(N3CCCCC3)n2Cc2c(F)cccc2Cl)n(CCOC)c1=O. The van der Waals surface area contributed by atoms with E-state index in [0.717, 1.165) is 32.4 Å². The maximum atomic E-state index is 14.7. The van der Waals surface area contributed by atoms with Gasteiger partial charge in [0.15, 0.2) is 11.2 Å². The van der Waals surface area contributed by atoms with Crippen LogP contribution in [0.4, 0.5) is 10.3 Å². The average molecular weight is 464 g/mol. The van der Waals surface area contributed by atoms with Crippen molar-refractivity contribution in [1.82, 2.24) is 18.7 Å². The molecule has 1 aromatic carbocycles. The van der Waals surface area contributed by atoms with Crippen LogP contribution in [0.1, 0.15) is 31.7 Å². The second-order valence-corrected chi connectivity index (χ2v) is 8.30. The minimum Gasteiger partial charge on any atom is -0.383 e. The molecule has 0 unspecified atom stereocenters. The third-order valence-corrected chi connectivity index (χ3v) is 6.30. The number of piperidine rings is 1. The minimum absolute atomic E-state index is 0.0370. The number of methoxy groups -OCH3 is 1. The molecule has 0 atom stereocenters. The predicted octanol–water partition coefficient (Wildman–Crippen LogP) is 2.86. The lowest BCUT2D eigenvalue weighted by molar-refractivity contribution is 0.186. The van der Waals surface area contributed by atoms with Gasteiger partial charge in [0.1, 0.15) is 5.82 Å².